The molecule has 1 aliphatic rings. The van der Waals surface area contributed by atoms with Gasteiger partial charge in [0.05, 0.1) is 0 Å². The molecule has 1 amide bonds. The standard InChI is InChI=1S/C22H24N2O2/c1-2-3-11-21(25)24-14-7-10-19(24)22-23-18-15-17(12-13-20(18)26-22)16-8-5-4-6-9-16/h4-6,8-9,12-13,15,19H,2-3,7,10-11,14H2,1H3/t19-/m1/s1. The molecule has 0 unspecified atom stereocenters. The molecule has 0 aliphatic carbocycles. The van der Waals surface area contributed by atoms with Gasteiger partial charge in [-0.3, -0.25) is 4.79 Å². The molecule has 1 fully saturated rings. The molecule has 0 spiro atoms. The van der Waals surface area contributed by atoms with E-state index >= 15 is 0 Å². The molecule has 1 aliphatic heterocycles. The average molecular weight is 348 g/mol. The van der Waals surface area contributed by atoms with Crippen molar-refractivity contribution in [1.82, 2.24) is 9.88 Å². The Balaban J connectivity index is 1.62. The molecular formula is C22H24N2O2. The molecule has 134 valence electrons. The predicted molar refractivity (Wildman–Crippen MR) is 103 cm³/mol. The van der Waals surface area contributed by atoms with Crippen LogP contribution in [0.25, 0.3) is 22.2 Å². The van der Waals surface area contributed by atoms with Gasteiger partial charge in [0.1, 0.15) is 11.6 Å². The number of fused-ring (bicyclic) bond motifs is 1. The molecule has 3 aromatic rings. The van der Waals surface area contributed by atoms with Gasteiger partial charge < -0.3 is 9.32 Å². The fourth-order valence-electron chi connectivity index (χ4n) is 3.69. The molecule has 1 saturated heterocycles. The molecular weight excluding hydrogens is 324 g/mol. The molecule has 1 atom stereocenters. The molecule has 4 rings (SSSR count). The third-order valence-electron chi connectivity index (χ3n) is 5.11. The van der Waals surface area contributed by atoms with Crippen LogP contribution >= 0.6 is 0 Å². The lowest BCUT2D eigenvalue weighted by Crippen LogP contribution is -2.30. The summed E-state index contributed by atoms with van der Waals surface area (Å²) < 4.78 is 6.02. The Hall–Kier alpha value is -2.62. The first-order valence-corrected chi connectivity index (χ1v) is 9.51. The zero-order chi connectivity index (χ0) is 17.9. The van der Waals surface area contributed by atoms with E-state index in [2.05, 4.69) is 31.2 Å². The van der Waals surface area contributed by atoms with Crippen LogP contribution in [0.3, 0.4) is 0 Å². The Kier molecular flexibility index (Phi) is 4.74. The maximum absolute atomic E-state index is 12.5. The lowest BCUT2D eigenvalue weighted by molar-refractivity contribution is -0.132. The van der Waals surface area contributed by atoms with E-state index in [1.54, 1.807) is 0 Å². The van der Waals surface area contributed by atoms with Crippen LogP contribution in [0.15, 0.2) is 52.9 Å². The van der Waals surface area contributed by atoms with Crippen LogP contribution in [0, 0.1) is 0 Å². The minimum Gasteiger partial charge on any atom is -0.438 e. The molecule has 0 radical (unpaired) electrons. The Bertz CT molecular complexity index is 901. The van der Waals surface area contributed by atoms with E-state index in [1.165, 1.54) is 0 Å². The minimum absolute atomic E-state index is 0.0214. The summed E-state index contributed by atoms with van der Waals surface area (Å²) in [5.41, 5.74) is 3.93. The number of oxazole rings is 1. The lowest BCUT2D eigenvalue weighted by Gasteiger charge is -2.22. The van der Waals surface area contributed by atoms with Crippen molar-refractivity contribution in [1.29, 1.82) is 0 Å². The highest BCUT2D eigenvalue weighted by Gasteiger charge is 2.33. The van der Waals surface area contributed by atoms with Crippen molar-refractivity contribution in [2.24, 2.45) is 0 Å². The highest BCUT2D eigenvalue weighted by atomic mass is 16.3. The second-order valence-electron chi connectivity index (χ2n) is 6.95. The highest BCUT2D eigenvalue weighted by Crippen LogP contribution is 2.34. The van der Waals surface area contributed by atoms with Crippen molar-refractivity contribution in [2.75, 3.05) is 6.54 Å². The van der Waals surface area contributed by atoms with Crippen molar-refractivity contribution in [3.8, 4) is 11.1 Å². The van der Waals surface area contributed by atoms with Crippen molar-refractivity contribution >= 4 is 17.0 Å². The van der Waals surface area contributed by atoms with E-state index in [0.29, 0.717) is 12.3 Å². The van der Waals surface area contributed by atoms with Gasteiger partial charge in [0, 0.05) is 13.0 Å². The predicted octanol–water partition coefficient (Wildman–Crippen LogP) is 5.35. The van der Waals surface area contributed by atoms with Crippen LogP contribution in [0.4, 0.5) is 0 Å². The zero-order valence-corrected chi connectivity index (χ0v) is 15.1. The number of carbonyl (C=O) groups excluding carboxylic acids is 1. The Morgan fingerprint density at radius 1 is 1.19 bits per heavy atom. The third-order valence-corrected chi connectivity index (χ3v) is 5.11. The van der Waals surface area contributed by atoms with Crippen molar-refractivity contribution in [3.63, 3.8) is 0 Å². The number of rotatable bonds is 5. The molecule has 0 saturated carbocycles. The Morgan fingerprint density at radius 2 is 2.04 bits per heavy atom. The molecule has 2 aromatic carbocycles. The molecule has 0 N–H and O–H groups in total. The first kappa shape index (κ1) is 16.8. The van der Waals surface area contributed by atoms with Crippen LogP contribution < -0.4 is 0 Å². The quantitative estimate of drug-likeness (QED) is 0.624. The first-order valence-electron chi connectivity index (χ1n) is 9.51. The average Bonchev–Trinajstić information content (AvgIpc) is 3.32. The van der Waals surface area contributed by atoms with Gasteiger partial charge in [-0.1, -0.05) is 49.7 Å². The fourth-order valence-corrected chi connectivity index (χ4v) is 3.69. The second kappa shape index (κ2) is 7.32. The monoisotopic (exact) mass is 348 g/mol. The number of hydrogen-bond donors (Lipinski definition) is 0. The number of likely N-dealkylation sites (tertiary alicyclic amines) is 1. The second-order valence-corrected chi connectivity index (χ2v) is 6.95. The zero-order valence-electron chi connectivity index (χ0n) is 15.1. The number of hydrogen-bond acceptors (Lipinski definition) is 3. The number of nitrogens with zero attached hydrogens (tertiary/aromatic N) is 2. The fraction of sp³-hybridized carbons (Fsp3) is 0.364. The Morgan fingerprint density at radius 3 is 2.85 bits per heavy atom. The molecule has 26 heavy (non-hydrogen) atoms. The number of amides is 1. The molecule has 4 heteroatoms. The first-order chi connectivity index (χ1) is 12.8. The lowest BCUT2D eigenvalue weighted by atomic mass is 10.1. The number of benzene rings is 2. The Labute approximate surface area is 153 Å². The highest BCUT2D eigenvalue weighted by molar-refractivity contribution is 5.81. The van der Waals surface area contributed by atoms with Crippen LogP contribution in [-0.4, -0.2) is 22.3 Å². The van der Waals surface area contributed by atoms with E-state index in [9.17, 15) is 4.79 Å². The summed E-state index contributed by atoms with van der Waals surface area (Å²) >= 11 is 0. The van der Waals surface area contributed by atoms with Gasteiger partial charge in [0.15, 0.2) is 5.58 Å². The van der Waals surface area contributed by atoms with Gasteiger partial charge in [-0.15, -0.1) is 0 Å². The van der Waals surface area contributed by atoms with E-state index < -0.39 is 0 Å². The number of unbranched alkanes of at least 4 members (excludes halogenated alkanes) is 1. The van der Waals surface area contributed by atoms with Crippen LogP contribution in [0.2, 0.25) is 0 Å². The van der Waals surface area contributed by atoms with Gasteiger partial charge in [-0.05, 0) is 42.5 Å². The summed E-state index contributed by atoms with van der Waals surface area (Å²) in [7, 11) is 0. The maximum Gasteiger partial charge on any atom is 0.223 e. The van der Waals surface area contributed by atoms with Gasteiger partial charge in [0.2, 0.25) is 11.8 Å². The third kappa shape index (κ3) is 3.24. The van der Waals surface area contributed by atoms with Crippen LogP contribution in [0.5, 0.6) is 0 Å². The van der Waals surface area contributed by atoms with Crippen LogP contribution in [-0.2, 0) is 4.79 Å². The molecule has 0 bridgehead atoms. The largest absolute Gasteiger partial charge is 0.438 e. The van der Waals surface area contributed by atoms with Gasteiger partial charge in [-0.2, -0.15) is 0 Å². The van der Waals surface area contributed by atoms with E-state index in [-0.39, 0.29) is 11.9 Å². The maximum atomic E-state index is 12.5. The topological polar surface area (TPSA) is 46.3 Å². The minimum atomic E-state index is -0.0214. The van der Waals surface area contributed by atoms with Crippen molar-refractivity contribution in [3.05, 3.63) is 54.4 Å². The van der Waals surface area contributed by atoms with Crippen molar-refractivity contribution < 1.29 is 9.21 Å². The summed E-state index contributed by atoms with van der Waals surface area (Å²) in [5.74, 6) is 0.897. The molecule has 4 nitrogen and oxygen atoms in total. The summed E-state index contributed by atoms with van der Waals surface area (Å²) in [6.07, 6.45) is 4.53. The van der Waals surface area contributed by atoms with E-state index in [1.807, 2.05) is 29.2 Å². The summed E-state index contributed by atoms with van der Waals surface area (Å²) in [6, 6.07) is 16.3. The van der Waals surface area contributed by atoms with E-state index in [0.717, 1.165) is 54.5 Å². The number of aromatic nitrogens is 1. The normalized spacial score (nSPS) is 17.1. The van der Waals surface area contributed by atoms with Crippen LogP contribution in [0.1, 0.15) is 51.0 Å². The molecule has 2 heterocycles. The van der Waals surface area contributed by atoms with Gasteiger partial charge >= 0.3 is 0 Å². The summed E-state index contributed by atoms with van der Waals surface area (Å²) in [4.78, 5) is 19.2. The van der Waals surface area contributed by atoms with E-state index in [4.69, 9.17) is 9.40 Å². The van der Waals surface area contributed by atoms with Gasteiger partial charge in [-0.25, -0.2) is 4.98 Å². The SMILES string of the molecule is CCCCC(=O)N1CCC[C@@H]1c1nc2cc(-c3ccccc3)ccc2o1. The van der Waals surface area contributed by atoms with Crippen molar-refractivity contribution in [2.45, 2.75) is 45.1 Å². The number of carbonyl (C=O) groups is 1. The van der Waals surface area contributed by atoms with Gasteiger partial charge in [0.25, 0.3) is 0 Å². The summed E-state index contributed by atoms with van der Waals surface area (Å²) in [5, 5.41) is 0. The molecule has 1 aromatic heterocycles. The summed E-state index contributed by atoms with van der Waals surface area (Å²) in [6.45, 7) is 2.92. The smallest absolute Gasteiger partial charge is 0.223 e.